The second-order valence-corrected chi connectivity index (χ2v) is 15.1. The van der Waals surface area contributed by atoms with E-state index in [-0.39, 0.29) is 41.7 Å². The molecule has 294 valence electrons. The van der Waals surface area contributed by atoms with E-state index in [4.69, 9.17) is 9.72 Å². The fraction of sp³-hybridized carbons (Fsp3) is 0.409. The number of carbonyl (C=O) groups is 3. The van der Waals surface area contributed by atoms with Crippen LogP contribution in [0.25, 0.3) is 22.4 Å². The number of hydrogen-bond acceptors (Lipinski definition) is 7. The quantitative estimate of drug-likeness (QED) is 0.100. The van der Waals surface area contributed by atoms with Gasteiger partial charge in [0, 0.05) is 30.8 Å². The van der Waals surface area contributed by atoms with Crippen molar-refractivity contribution in [1.82, 2.24) is 40.5 Å². The lowest BCUT2D eigenvalue weighted by Crippen LogP contribution is -2.51. The van der Waals surface area contributed by atoms with Gasteiger partial charge in [-0.05, 0) is 79.4 Å². The molecule has 4 unspecified atom stereocenters. The summed E-state index contributed by atoms with van der Waals surface area (Å²) in [4.78, 5) is 61.4. The molecule has 4 N–H and O–H groups in total. The fourth-order valence-electron chi connectivity index (χ4n) is 7.82. The number of carbonyl (C=O) groups excluding carboxylic acids is 3. The molecular formula is C44H54N8O4. The Labute approximate surface area is 329 Å². The van der Waals surface area contributed by atoms with E-state index >= 15 is 0 Å². The molecule has 12 heteroatoms. The predicted molar refractivity (Wildman–Crippen MR) is 218 cm³/mol. The topological polar surface area (TPSA) is 158 Å². The van der Waals surface area contributed by atoms with Crippen molar-refractivity contribution in [2.24, 2.45) is 11.8 Å². The molecule has 1 aliphatic carbocycles. The molecule has 4 heterocycles. The monoisotopic (exact) mass is 758 g/mol. The summed E-state index contributed by atoms with van der Waals surface area (Å²) in [6.45, 7) is 12.7. The Hall–Kier alpha value is -5.78. The van der Waals surface area contributed by atoms with Gasteiger partial charge < -0.3 is 30.2 Å². The van der Waals surface area contributed by atoms with E-state index in [0.29, 0.717) is 6.54 Å². The van der Waals surface area contributed by atoms with Gasteiger partial charge in [-0.1, -0.05) is 81.8 Å². The van der Waals surface area contributed by atoms with Gasteiger partial charge in [0.2, 0.25) is 11.8 Å². The van der Waals surface area contributed by atoms with Gasteiger partial charge >= 0.3 is 6.09 Å². The third-order valence-electron chi connectivity index (χ3n) is 11.1. The normalized spacial score (nSPS) is 19.9. The van der Waals surface area contributed by atoms with E-state index in [2.05, 4.69) is 67.5 Å². The number of hydrogen-bond donors (Lipinski definition) is 4. The van der Waals surface area contributed by atoms with Crippen molar-refractivity contribution in [3.63, 3.8) is 0 Å². The molecule has 4 aromatic rings. The number of H-pyrrole nitrogens is 2. The molecule has 56 heavy (non-hydrogen) atoms. The maximum atomic E-state index is 13.6. The summed E-state index contributed by atoms with van der Waals surface area (Å²) < 4.78 is 4.76. The van der Waals surface area contributed by atoms with Crippen LogP contribution in [0.2, 0.25) is 0 Å². The second-order valence-electron chi connectivity index (χ2n) is 15.1. The second kappa shape index (κ2) is 18.2. The summed E-state index contributed by atoms with van der Waals surface area (Å²) in [5.41, 5.74) is 6.53. The number of amides is 3. The van der Waals surface area contributed by atoms with Gasteiger partial charge in [-0.3, -0.25) is 14.6 Å². The fourth-order valence-corrected chi connectivity index (χ4v) is 7.82. The minimum Gasteiger partial charge on any atom is -0.453 e. The van der Waals surface area contributed by atoms with Crippen molar-refractivity contribution in [2.75, 3.05) is 13.7 Å². The van der Waals surface area contributed by atoms with Crippen LogP contribution in [0.3, 0.4) is 0 Å². The van der Waals surface area contributed by atoms with Crippen LogP contribution in [0.5, 0.6) is 0 Å². The van der Waals surface area contributed by atoms with Crippen LogP contribution in [0, 0.1) is 11.8 Å². The molecule has 1 aromatic carbocycles. The van der Waals surface area contributed by atoms with Gasteiger partial charge in [-0.15, -0.1) is 0 Å². The van der Waals surface area contributed by atoms with Crippen molar-refractivity contribution in [3.05, 3.63) is 114 Å². The minimum absolute atomic E-state index is 0.0121. The number of aromatic nitrogens is 5. The molecule has 3 aromatic heterocycles. The van der Waals surface area contributed by atoms with Crippen LogP contribution < -0.4 is 10.6 Å². The van der Waals surface area contributed by atoms with Gasteiger partial charge in [0.15, 0.2) is 0 Å². The summed E-state index contributed by atoms with van der Waals surface area (Å²) in [7, 11) is 1.29. The van der Waals surface area contributed by atoms with E-state index in [1.165, 1.54) is 7.11 Å². The number of aromatic amines is 2. The van der Waals surface area contributed by atoms with Crippen molar-refractivity contribution in [1.29, 1.82) is 0 Å². The molecule has 6 rings (SSSR count). The Morgan fingerprint density at radius 3 is 2.41 bits per heavy atom. The van der Waals surface area contributed by atoms with E-state index in [1.54, 1.807) is 12.4 Å². The van der Waals surface area contributed by atoms with Gasteiger partial charge in [-0.25, -0.2) is 14.8 Å². The number of likely N-dealkylation sites (tertiary alicyclic amines) is 1. The van der Waals surface area contributed by atoms with Crippen LogP contribution in [-0.4, -0.2) is 67.4 Å². The van der Waals surface area contributed by atoms with E-state index in [0.717, 1.165) is 89.4 Å². The number of alkyl carbamates (subject to hydrolysis) is 1. The zero-order valence-corrected chi connectivity index (χ0v) is 33.0. The molecule has 1 saturated heterocycles. The number of pyridine rings is 1. The molecular weight excluding hydrogens is 705 g/mol. The van der Waals surface area contributed by atoms with Gasteiger partial charge in [0.05, 0.1) is 43.0 Å². The van der Waals surface area contributed by atoms with Crippen molar-refractivity contribution in [2.45, 2.75) is 90.3 Å². The highest BCUT2D eigenvalue weighted by molar-refractivity contribution is 5.86. The molecule has 2 fully saturated rings. The van der Waals surface area contributed by atoms with Crippen LogP contribution in [0.4, 0.5) is 4.79 Å². The average Bonchev–Trinajstić information content (AvgIpc) is 4.02. The van der Waals surface area contributed by atoms with Crippen molar-refractivity contribution >= 4 is 29.1 Å². The maximum absolute atomic E-state index is 13.6. The van der Waals surface area contributed by atoms with E-state index in [9.17, 15) is 14.4 Å². The van der Waals surface area contributed by atoms with E-state index in [1.807, 2.05) is 69.3 Å². The van der Waals surface area contributed by atoms with Crippen LogP contribution in [-0.2, 0) is 14.3 Å². The first-order valence-corrected chi connectivity index (χ1v) is 19.7. The highest BCUT2D eigenvalue weighted by Gasteiger charge is 2.38. The highest BCUT2D eigenvalue weighted by Crippen LogP contribution is 2.38. The summed E-state index contributed by atoms with van der Waals surface area (Å²) in [5, 5.41) is 5.91. The van der Waals surface area contributed by atoms with Gasteiger partial charge in [0.25, 0.3) is 0 Å². The number of rotatable bonds is 13. The molecule has 12 nitrogen and oxygen atoms in total. The smallest absolute Gasteiger partial charge is 0.407 e. The number of imidazole rings is 2. The number of methoxy groups -OCH3 is 1. The summed E-state index contributed by atoms with van der Waals surface area (Å²) >= 11 is 0. The largest absolute Gasteiger partial charge is 0.453 e. The Balaban J connectivity index is 1.08. The summed E-state index contributed by atoms with van der Waals surface area (Å²) in [6.07, 6.45) is 18.1. The third kappa shape index (κ3) is 9.18. The number of allylic oxidation sites excluding steroid dienone is 5. The van der Waals surface area contributed by atoms with Crippen LogP contribution >= 0.6 is 0 Å². The molecule has 2 aliphatic rings. The molecule has 1 aliphatic heterocycles. The number of nitrogens with zero attached hydrogens (tertiary/aromatic N) is 4. The first-order chi connectivity index (χ1) is 27.1. The van der Waals surface area contributed by atoms with Crippen molar-refractivity contribution in [3.8, 4) is 11.3 Å². The predicted octanol–water partition coefficient (Wildman–Crippen LogP) is 8.06. The Kier molecular flexibility index (Phi) is 13.0. The number of nitrogens with one attached hydrogen (secondary N) is 4. The summed E-state index contributed by atoms with van der Waals surface area (Å²) in [6, 6.07) is 11.1. The SMILES string of the molecule is C=C(/C=C\C(=C/C)c1ccc(-c2cnc(C3CCCN3C(=O)C(NC(=O)OC)C(C)C)[nH]2)cc1)c1cnc([C@@H]2CCCCC2C(=O)NC(C)c2cccnc2)[nH]1. The Morgan fingerprint density at radius 2 is 1.70 bits per heavy atom. The highest BCUT2D eigenvalue weighted by atomic mass is 16.5. The first-order valence-electron chi connectivity index (χ1n) is 19.7. The number of benzene rings is 1. The third-order valence-corrected chi connectivity index (χ3v) is 11.1. The summed E-state index contributed by atoms with van der Waals surface area (Å²) in [5.74, 6) is 1.23. The van der Waals surface area contributed by atoms with E-state index < -0.39 is 12.1 Å². The standard InChI is InChI=1S/C44H54N8O4/c1-7-30(17-16-28(4)36-25-46-40(49-36)34-13-8-9-14-35(34)42(53)48-29(5)33-12-10-22-45-24-33)31-18-20-32(21-19-31)37-26-47-41(50-37)38-15-11-23-52(38)43(54)39(27(2)3)51-44(55)56-6/h7,10,12,16-22,24-27,29,34-35,38-39H,4,8-9,11,13-15,23H2,1-3,5-6H3,(H,46,49)(H,47,50)(H,48,53)(H,51,55)/b17-16-,30-7+/t29?,34-,35?,38?,39?/m1/s1. The molecule has 1 saturated carbocycles. The first kappa shape index (κ1) is 39.9. The van der Waals surface area contributed by atoms with Gasteiger partial charge in [-0.2, -0.15) is 0 Å². The van der Waals surface area contributed by atoms with Crippen LogP contribution in [0.15, 0.2) is 86.0 Å². The average molecular weight is 759 g/mol. The number of ether oxygens (including phenoxy) is 1. The molecule has 3 amide bonds. The molecule has 0 bridgehead atoms. The lowest BCUT2D eigenvalue weighted by Gasteiger charge is -2.30. The van der Waals surface area contributed by atoms with Crippen molar-refractivity contribution < 1.29 is 19.1 Å². The zero-order valence-electron chi connectivity index (χ0n) is 33.0. The van der Waals surface area contributed by atoms with Crippen LogP contribution in [0.1, 0.15) is 113 Å². The van der Waals surface area contributed by atoms with Gasteiger partial charge in [0.1, 0.15) is 17.7 Å². The lowest BCUT2D eigenvalue weighted by molar-refractivity contribution is -0.135. The molecule has 5 atom stereocenters. The maximum Gasteiger partial charge on any atom is 0.407 e. The molecule has 0 radical (unpaired) electrons. The lowest BCUT2D eigenvalue weighted by atomic mass is 9.78. The molecule has 0 spiro atoms. The Morgan fingerprint density at radius 1 is 0.929 bits per heavy atom. The Bertz CT molecular complexity index is 2050. The minimum atomic E-state index is -0.684. The zero-order chi connectivity index (χ0) is 39.8.